The molecule has 0 aliphatic heterocycles. The van der Waals surface area contributed by atoms with Gasteiger partial charge in [0, 0.05) is 6.92 Å². The fourth-order valence-corrected chi connectivity index (χ4v) is 1.95. The fourth-order valence-electron chi connectivity index (χ4n) is 1.95. The first-order valence-electron chi connectivity index (χ1n) is 6.40. The first kappa shape index (κ1) is 14.7. The molecule has 3 heteroatoms. The molecule has 1 N–H and O–H groups in total. The van der Waals surface area contributed by atoms with E-state index in [-0.39, 0.29) is 18.0 Å². The van der Waals surface area contributed by atoms with Gasteiger partial charge < -0.3 is 9.84 Å². The molecule has 1 aromatic carbocycles. The molecular formula is C15H22O3. The van der Waals surface area contributed by atoms with Crippen molar-refractivity contribution in [1.82, 2.24) is 0 Å². The molecule has 0 aliphatic rings. The lowest BCUT2D eigenvalue weighted by atomic mass is 9.95. The first-order chi connectivity index (χ1) is 8.45. The Balaban J connectivity index is 3.01. The number of esters is 1. The first-order valence-corrected chi connectivity index (χ1v) is 6.40. The highest BCUT2D eigenvalue weighted by Crippen LogP contribution is 2.28. The summed E-state index contributed by atoms with van der Waals surface area (Å²) in [5, 5.41) is 9.85. The van der Waals surface area contributed by atoms with Crippen molar-refractivity contribution in [3.05, 3.63) is 35.4 Å². The number of aliphatic hydroxyl groups is 1. The van der Waals surface area contributed by atoms with E-state index in [0.29, 0.717) is 6.42 Å². The summed E-state index contributed by atoms with van der Waals surface area (Å²) in [6, 6.07) is 7.63. The van der Waals surface area contributed by atoms with Crippen LogP contribution in [-0.2, 0) is 9.53 Å². The number of carbonyl (C=O) groups is 1. The van der Waals surface area contributed by atoms with Crippen molar-refractivity contribution in [2.75, 3.05) is 0 Å². The second-order valence-electron chi connectivity index (χ2n) is 4.87. The molecule has 100 valence electrons. The van der Waals surface area contributed by atoms with E-state index >= 15 is 0 Å². The number of carbonyl (C=O) groups excluding carboxylic acids is 1. The van der Waals surface area contributed by atoms with Crippen LogP contribution in [0.1, 0.15) is 57.5 Å². The maximum absolute atomic E-state index is 11.1. The van der Waals surface area contributed by atoms with E-state index in [1.807, 2.05) is 45.0 Å². The molecule has 0 amide bonds. The Morgan fingerprint density at radius 2 is 1.94 bits per heavy atom. The van der Waals surface area contributed by atoms with E-state index in [0.717, 1.165) is 11.1 Å². The number of benzene rings is 1. The smallest absolute Gasteiger partial charge is 0.303 e. The lowest BCUT2D eigenvalue weighted by Crippen LogP contribution is -2.14. The van der Waals surface area contributed by atoms with Crippen LogP contribution in [0.25, 0.3) is 0 Å². The highest BCUT2D eigenvalue weighted by atomic mass is 16.5. The summed E-state index contributed by atoms with van der Waals surface area (Å²) in [6.45, 7) is 7.37. The summed E-state index contributed by atoms with van der Waals surface area (Å²) >= 11 is 0. The summed E-state index contributed by atoms with van der Waals surface area (Å²) in [5.41, 5.74) is 1.80. The third-order valence-electron chi connectivity index (χ3n) is 2.91. The standard InChI is InChI=1S/C15H22O3/c1-5-14(17)12-7-6-8-13(9-12)15(10(2)3)18-11(4)16/h6-10,14-15,17H,5H2,1-4H3. The SMILES string of the molecule is CCC(O)c1cccc(C(OC(C)=O)C(C)C)c1. The maximum Gasteiger partial charge on any atom is 0.303 e. The second kappa shape index (κ2) is 6.55. The zero-order chi connectivity index (χ0) is 13.7. The third kappa shape index (κ3) is 3.84. The minimum atomic E-state index is -0.463. The Bertz CT molecular complexity index is 398. The van der Waals surface area contributed by atoms with Crippen LogP contribution in [0.15, 0.2) is 24.3 Å². The quantitative estimate of drug-likeness (QED) is 0.815. The molecule has 1 aromatic rings. The molecule has 0 heterocycles. The summed E-state index contributed by atoms with van der Waals surface area (Å²) in [7, 11) is 0. The van der Waals surface area contributed by atoms with Gasteiger partial charge in [0.15, 0.2) is 0 Å². The van der Waals surface area contributed by atoms with Crippen LogP contribution in [0.2, 0.25) is 0 Å². The van der Waals surface area contributed by atoms with Gasteiger partial charge in [-0.25, -0.2) is 0 Å². The van der Waals surface area contributed by atoms with Crippen LogP contribution in [0.4, 0.5) is 0 Å². The molecule has 2 unspecified atom stereocenters. The van der Waals surface area contributed by atoms with E-state index in [9.17, 15) is 9.90 Å². The van der Waals surface area contributed by atoms with Crippen LogP contribution in [-0.4, -0.2) is 11.1 Å². The predicted octanol–water partition coefficient (Wildman–Crippen LogP) is 3.39. The molecule has 0 aromatic heterocycles. The van der Waals surface area contributed by atoms with Gasteiger partial charge in [0.25, 0.3) is 0 Å². The fraction of sp³-hybridized carbons (Fsp3) is 0.533. The van der Waals surface area contributed by atoms with Crippen molar-refractivity contribution in [3.8, 4) is 0 Å². The van der Waals surface area contributed by atoms with E-state index < -0.39 is 6.10 Å². The average molecular weight is 250 g/mol. The van der Waals surface area contributed by atoms with Gasteiger partial charge in [0.2, 0.25) is 0 Å². The minimum absolute atomic E-state index is 0.197. The van der Waals surface area contributed by atoms with E-state index in [4.69, 9.17) is 4.74 Å². The van der Waals surface area contributed by atoms with Crippen molar-refractivity contribution >= 4 is 5.97 Å². The average Bonchev–Trinajstić information content (AvgIpc) is 2.34. The molecule has 18 heavy (non-hydrogen) atoms. The Hall–Kier alpha value is -1.35. The minimum Gasteiger partial charge on any atom is -0.457 e. The van der Waals surface area contributed by atoms with Crippen molar-refractivity contribution in [3.63, 3.8) is 0 Å². The maximum atomic E-state index is 11.1. The van der Waals surface area contributed by atoms with E-state index in [1.54, 1.807) is 0 Å². The molecule has 0 saturated carbocycles. The largest absolute Gasteiger partial charge is 0.457 e. The highest BCUT2D eigenvalue weighted by Gasteiger charge is 2.19. The second-order valence-corrected chi connectivity index (χ2v) is 4.87. The molecule has 0 bridgehead atoms. The monoisotopic (exact) mass is 250 g/mol. The van der Waals surface area contributed by atoms with Gasteiger partial charge in [-0.2, -0.15) is 0 Å². The number of ether oxygens (including phenoxy) is 1. The van der Waals surface area contributed by atoms with Gasteiger partial charge in [0.1, 0.15) is 6.10 Å². The summed E-state index contributed by atoms with van der Waals surface area (Å²) in [5.74, 6) is -0.0851. The predicted molar refractivity (Wildman–Crippen MR) is 71.0 cm³/mol. The Morgan fingerprint density at radius 3 is 2.44 bits per heavy atom. The summed E-state index contributed by atoms with van der Waals surface area (Å²) in [4.78, 5) is 11.1. The number of hydrogen-bond donors (Lipinski definition) is 1. The van der Waals surface area contributed by atoms with Crippen LogP contribution in [0, 0.1) is 5.92 Å². The zero-order valence-corrected chi connectivity index (χ0v) is 11.5. The molecule has 0 spiro atoms. The summed E-state index contributed by atoms with van der Waals surface area (Å²) in [6.07, 6.45) is -0.0507. The van der Waals surface area contributed by atoms with Crippen LogP contribution in [0.3, 0.4) is 0 Å². The number of aliphatic hydroxyl groups excluding tert-OH is 1. The topological polar surface area (TPSA) is 46.5 Å². The molecule has 0 fully saturated rings. The molecular weight excluding hydrogens is 228 g/mol. The van der Waals surface area contributed by atoms with Gasteiger partial charge in [-0.05, 0) is 29.5 Å². The zero-order valence-electron chi connectivity index (χ0n) is 11.5. The van der Waals surface area contributed by atoms with Crippen molar-refractivity contribution < 1.29 is 14.6 Å². The van der Waals surface area contributed by atoms with Gasteiger partial charge in [-0.3, -0.25) is 4.79 Å². The number of rotatable bonds is 5. The third-order valence-corrected chi connectivity index (χ3v) is 2.91. The Kier molecular flexibility index (Phi) is 5.35. The molecule has 0 saturated heterocycles. The Morgan fingerprint density at radius 1 is 1.33 bits per heavy atom. The van der Waals surface area contributed by atoms with Crippen LogP contribution >= 0.6 is 0 Å². The van der Waals surface area contributed by atoms with Gasteiger partial charge in [-0.15, -0.1) is 0 Å². The van der Waals surface area contributed by atoms with Gasteiger partial charge in [0.05, 0.1) is 6.10 Å². The van der Waals surface area contributed by atoms with Gasteiger partial charge >= 0.3 is 5.97 Å². The van der Waals surface area contributed by atoms with Crippen LogP contribution in [0.5, 0.6) is 0 Å². The molecule has 0 radical (unpaired) electrons. The normalized spacial score (nSPS) is 14.3. The molecule has 0 aliphatic carbocycles. The highest BCUT2D eigenvalue weighted by molar-refractivity contribution is 5.66. The molecule has 2 atom stereocenters. The lowest BCUT2D eigenvalue weighted by Gasteiger charge is -2.22. The van der Waals surface area contributed by atoms with Crippen molar-refractivity contribution in [2.24, 2.45) is 5.92 Å². The van der Waals surface area contributed by atoms with E-state index in [2.05, 4.69) is 0 Å². The van der Waals surface area contributed by atoms with Crippen LogP contribution < -0.4 is 0 Å². The van der Waals surface area contributed by atoms with E-state index in [1.165, 1.54) is 6.92 Å². The van der Waals surface area contributed by atoms with Crippen molar-refractivity contribution in [1.29, 1.82) is 0 Å². The molecule has 3 nitrogen and oxygen atoms in total. The molecule has 1 rings (SSSR count). The summed E-state index contributed by atoms with van der Waals surface area (Å²) < 4.78 is 5.35. The van der Waals surface area contributed by atoms with Crippen molar-refractivity contribution in [2.45, 2.75) is 46.3 Å². The lowest BCUT2D eigenvalue weighted by molar-refractivity contribution is -0.149. The Labute approximate surface area is 109 Å². The number of hydrogen-bond acceptors (Lipinski definition) is 3. The van der Waals surface area contributed by atoms with Gasteiger partial charge in [-0.1, -0.05) is 39.0 Å².